The molecule has 26 heavy (non-hydrogen) atoms. The second-order valence-electron chi connectivity index (χ2n) is 7.23. The molecule has 3 N–H and O–H groups in total. The van der Waals surface area contributed by atoms with E-state index >= 15 is 0 Å². The van der Waals surface area contributed by atoms with Crippen molar-refractivity contribution in [3.8, 4) is 0 Å². The van der Waals surface area contributed by atoms with E-state index in [9.17, 15) is 13.2 Å². The predicted octanol–water partition coefficient (Wildman–Crippen LogP) is 1.23. The molecule has 0 unspecified atom stereocenters. The van der Waals surface area contributed by atoms with Crippen LogP contribution < -0.4 is 16.0 Å². The Morgan fingerprint density at radius 1 is 1.12 bits per heavy atom. The SMILES string of the molecule is CN=C(NCCNC(=O)C(C)(C)C)NCc1ccc(S(C)(=O)=O)c(C)c1. The van der Waals surface area contributed by atoms with Gasteiger partial charge in [-0.1, -0.05) is 32.9 Å². The molecule has 0 heterocycles. The summed E-state index contributed by atoms with van der Waals surface area (Å²) in [6.45, 7) is 8.95. The van der Waals surface area contributed by atoms with E-state index in [0.29, 0.717) is 30.5 Å². The van der Waals surface area contributed by atoms with Gasteiger partial charge in [-0.25, -0.2) is 8.42 Å². The topological polar surface area (TPSA) is 99.7 Å². The molecule has 0 saturated carbocycles. The summed E-state index contributed by atoms with van der Waals surface area (Å²) in [5.41, 5.74) is 1.27. The molecule has 1 aromatic carbocycles. The second-order valence-corrected chi connectivity index (χ2v) is 9.21. The van der Waals surface area contributed by atoms with E-state index < -0.39 is 15.3 Å². The molecule has 146 valence electrons. The molecule has 1 aromatic rings. The molecular formula is C18H30N4O3S. The first-order valence-electron chi connectivity index (χ1n) is 8.47. The lowest BCUT2D eigenvalue weighted by atomic mass is 9.96. The Kier molecular flexibility index (Phi) is 7.62. The van der Waals surface area contributed by atoms with Crippen LogP contribution in [0.5, 0.6) is 0 Å². The number of carbonyl (C=O) groups is 1. The Bertz CT molecular complexity index is 765. The zero-order chi connectivity index (χ0) is 20.0. The molecule has 0 aliphatic heterocycles. The standard InChI is InChI=1S/C18H30N4O3S/c1-13-11-14(7-8-15(13)26(6,24)25)12-22-17(19-5)21-10-9-20-16(23)18(2,3)4/h7-8,11H,9-10,12H2,1-6H3,(H,20,23)(H2,19,21,22). The van der Waals surface area contributed by atoms with Crippen molar-refractivity contribution in [3.05, 3.63) is 29.3 Å². The fourth-order valence-corrected chi connectivity index (χ4v) is 3.23. The van der Waals surface area contributed by atoms with Crippen molar-refractivity contribution in [2.24, 2.45) is 10.4 Å². The number of amides is 1. The highest BCUT2D eigenvalue weighted by Crippen LogP contribution is 2.16. The number of rotatable bonds is 6. The number of guanidine groups is 1. The van der Waals surface area contributed by atoms with Gasteiger partial charge in [0.05, 0.1) is 4.90 Å². The van der Waals surface area contributed by atoms with Gasteiger partial charge in [0.25, 0.3) is 0 Å². The van der Waals surface area contributed by atoms with Gasteiger partial charge in [0.15, 0.2) is 15.8 Å². The first-order valence-corrected chi connectivity index (χ1v) is 10.4. The molecular weight excluding hydrogens is 352 g/mol. The van der Waals surface area contributed by atoms with Crippen molar-refractivity contribution in [3.63, 3.8) is 0 Å². The van der Waals surface area contributed by atoms with Crippen LogP contribution in [0, 0.1) is 12.3 Å². The Morgan fingerprint density at radius 3 is 2.23 bits per heavy atom. The van der Waals surface area contributed by atoms with Crippen molar-refractivity contribution in [1.82, 2.24) is 16.0 Å². The third-order valence-corrected chi connectivity index (χ3v) is 4.96. The highest BCUT2D eigenvalue weighted by Gasteiger charge is 2.20. The van der Waals surface area contributed by atoms with Gasteiger partial charge < -0.3 is 16.0 Å². The maximum absolute atomic E-state index is 11.8. The number of benzene rings is 1. The van der Waals surface area contributed by atoms with Crippen LogP contribution in [0.4, 0.5) is 0 Å². The average Bonchev–Trinajstić information content (AvgIpc) is 2.51. The monoisotopic (exact) mass is 382 g/mol. The van der Waals surface area contributed by atoms with Crippen molar-refractivity contribution < 1.29 is 13.2 Å². The molecule has 1 rings (SSSR count). The van der Waals surface area contributed by atoms with E-state index in [-0.39, 0.29) is 5.91 Å². The van der Waals surface area contributed by atoms with Crippen LogP contribution >= 0.6 is 0 Å². The van der Waals surface area contributed by atoms with Gasteiger partial charge in [0, 0.05) is 38.4 Å². The molecule has 0 aromatic heterocycles. The van der Waals surface area contributed by atoms with Crippen molar-refractivity contribution >= 4 is 21.7 Å². The minimum atomic E-state index is -3.21. The number of nitrogens with one attached hydrogen (secondary N) is 3. The molecule has 0 bridgehead atoms. The van der Waals surface area contributed by atoms with Gasteiger partial charge in [-0.3, -0.25) is 9.79 Å². The van der Waals surface area contributed by atoms with Crippen LogP contribution in [0.25, 0.3) is 0 Å². The van der Waals surface area contributed by atoms with E-state index in [2.05, 4.69) is 20.9 Å². The molecule has 0 atom stereocenters. The van der Waals surface area contributed by atoms with Crippen LogP contribution in [0.3, 0.4) is 0 Å². The quantitative estimate of drug-likeness (QED) is 0.390. The summed E-state index contributed by atoms with van der Waals surface area (Å²) >= 11 is 0. The number of carbonyl (C=O) groups excluding carboxylic acids is 1. The zero-order valence-electron chi connectivity index (χ0n) is 16.4. The summed E-state index contributed by atoms with van der Waals surface area (Å²) in [5.74, 6) is 0.614. The molecule has 0 aliphatic rings. The third-order valence-electron chi connectivity index (χ3n) is 3.71. The van der Waals surface area contributed by atoms with Crippen LogP contribution in [-0.2, 0) is 21.2 Å². The highest BCUT2D eigenvalue weighted by atomic mass is 32.2. The van der Waals surface area contributed by atoms with Crippen LogP contribution in [0.1, 0.15) is 31.9 Å². The molecule has 0 fully saturated rings. The maximum Gasteiger partial charge on any atom is 0.225 e. The first kappa shape index (κ1) is 22.0. The summed E-state index contributed by atoms with van der Waals surface area (Å²) in [6, 6.07) is 5.26. The van der Waals surface area contributed by atoms with Crippen LogP contribution in [0.15, 0.2) is 28.1 Å². The van der Waals surface area contributed by atoms with Gasteiger partial charge in [0.1, 0.15) is 0 Å². The Labute approximate surface area is 156 Å². The lowest BCUT2D eigenvalue weighted by molar-refractivity contribution is -0.128. The van der Waals surface area contributed by atoms with Gasteiger partial charge >= 0.3 is 0 Å². The fraction of sp³-hybridized carbons (Fsp3) is 0.556. The van der Waals surface area contributed by atoms with E-state index in [1.807, 2.05) is 26.8 Å². The molecule has 1 amide bonds. The smallest absolute Gasteiger partial charge is 0.225 e. The number of aryl methyl sites for hydroxylation is 1. The highest BCUT2D eigenvalue weighted by molar-refractivity contribution is 7.90. The molecule has 8 heteroatoms. The molecule has 0 spiro atoms. The zero-order valence-corrected chi connectivity index (χ0v) is 17.3. The normalized spacial score (nSPS) is 12.6. The number of aliphatic imine (C=N–C) groups is 1. The van der Waals surface area contributed by atoms with E-state index in [0.717, 1.165) is 11.1 Å². The minimum absolute atomic E-state index is 0.00341. The molecule has 0 saturated heterocycles. The van der Waals surface area contributed by atoms with Gasteiger partial charge in [-0.05, 0) is 24.1 Å². The summed E-state index contributed by atoms with van der Waals surface area (Å²) < 4.78 is 23.3. The van der Waals surface area contributed by atoms with Crippen molar-refractivity contribution in [1.29, 1.82) is 0 Å². The molecule has 0 radical (unpaired) electrons. The van der Waals surface area contributed by atoms with E-state index in [1.54, 1.807) is 26.1 Å². The fourth-order valence-electron chi connectivity index (χ4n) is 2.27. The summed E-state index contributed by atoms with van der Waals surface area (Å²) in [6.07, 6.45) is 1.21. The van der Waals surface area contributed by atoms with E-state index in [1.165, 1.54) is 6.26 Å². The van der Waals surface area contributed by atoms with Gasteiger partial charge in [0.2, 0.25) is 5.91 Å². The molecule has 7 nitrogen and oxygen atoms in total. The Hall–Kier alpha value is -2.09. The van der Waals surface area contributed by atoms with Crippen LogP contribution in [0.2, 0.25) is 0 Å². The predicted molar refractivity (Wildman–Crippen MR) is 105 cm³/mol. The first-order chi connectivity index (χ1) is 11.9. The van der Waals surface area contributed by atoms with E-state index in [4.69, 9.17) is 0 Å². The van der Waals surface area contributed by atoms with Crippen molar-refractivity contribution in [2.75, 3.05) is 26.4 Å². The average molecular weight is 383 g/mol. The Morgan fingerprint density at radius 2 is 1.73 bits per heavy atom. The van der Waals surface area contributed by atoms with Crippen molar-refractivity contribution in [2.45, 2.75) is 39.1 Å². The minimum Gasteiger partial charge on any atom is -0.355 e. The number of nitrogens with zero attached hydrogens (tertiary/aromatic N) is 1. The number of sulfone groups is 1. The maximum atomic E-state index is 11.8. The van der Waals surface area contributed by atoms with Gasteiger partial charge in [-0.2, -0.15) is 0 Å². The lowest BCUT2D eigenvalue weighted by Crippen LogP contribution is -2.43. The summed E-state index contributed by atoms with van der Waals surface area (Å²) in [5, 5.41) is 9.15. The third kappa shape index (κ3) is 7.03. The van der Waals surface area contributed by atoms with Gasteiger partial charge in [-0.15, -0.1) is 0 Å². The number of hydrogen-bond acceptors (Lipinski definition) is 4. The number of hydrogen-bond donors (Lipinski definition) is 3. The molecule has 0 aliphatic carbocycles. The lowest BCUT2D eigenvalue weighted by Gasteiger charge is -2.18. The summed E-state index contributed by atoms with van der Waals surface area (Å²) in [4.78, 5) is 16.3. The largest absolute Gasteiger partial charge is 0.355 e. The summed E-state index contributed by atoms with van der Waals surface area (Å²) in [7, 11) is -1.54. The second kappa shape index (κ2) is 9.02. The van der Waals surface area contributed by atoms with Crippen LogP contribution in [-0.4, -0.2) is 46.7 Å². The Balaban J connectivity index is 2.50.